The Labute approximate surface area is 131 Å². The molecular weight excluding hydrogens is 304 g/mol. The molecule has 0 aromatic heterocycles. The molecule has 1 aliphatic carbocycles. The lowest BCUT2D eigenvalue weighted by molar-refractivity contribution is 0.420. The standard InChI is InChI=1S/C15H22N2O2S2/c1-20-13-5-3-12(4-6-13)17-21(18,19)14-7-2-11-8-9-16-15(11)10-14/h2,7,10,12-13,16-17H,3-6,8-9H2,1H3. The van der Waals surface area contributed by atoms with Gasteiger partial charge in [0.2, 0.25) is 10.0 Å². The zero-order chi connectivity index (χ0) is 14.9. The molecule has 0 saturated heterocycles. The van der Waals surface area contributed by atoms with Crippen LogP contribution in [0.5, 0.6) is 0 Å². The van der Waals surface area contributed by atoms with Crippen molar-refractivity contribution >= 4 is 27.5 Å². The van der Waals surface area contributed by atoms with Crippen LogP contribution in [0, 0.1) is 0 Å². The molecule has 1 aromatic rings. The van der Waals surface area contributed by atoms with E-state index in [-0.39, 0.29) is 6.04 Å². The average Bonchev–Trinajstić information content (AvgIpc) is 2.95. The minimum Gasteiger partial charge on any atom is -0.384 e. The summed E-state index contributed by atoms with van der Waals surface area (Å²) >= 11 is 1.89. The molecule has 1 fully saturated rings. The summed E-state index contributed by atoms with van der Waals surface area (Å²) in [5, 5.41) is 3.92. The lowest BCUT2D eigenvalue weighted by Gasteiger charge is -2.27. The van der Waals surface area contributed by atoms with Gasteiger partial charge in [0, 0.05) is 23.5 Å². The third-order valence-electron chi connectivity index (χ3n) is 4.43. The largest absolute Gasteiger partial charge is 0.384 e. The molecule has 1 aliphatic heterocycles. The second-order valence-corrected chi connectivity index (χ2v) is 8.68. The molecule has 3 rings (SSSR count). The zero-order valence-electron chi connectivity index (χ0n) is 12.3. The van der Waals surface area contributed by atoms with Gasteiger partial charge in [-0.3, -0.25) is 0 Å². The monoisotopic (exact) mass is 326 g/mol. The van der Waals surface area contributed by atoms with Crippen LogP contribution in [0.15, 0.2) is 23.1 Å². The summed E-state index contributed by atoms with van der Waals surface area (Å²) in [6.45, 7) is 0.894. The highest BCUT2D eigenvalue weighted by Gasteiger charge is 2.26. The van der Waals surface area contributed by atoms with E-state index in [1.807, 2.05) is 17.8 Å². The fourth-order valence-electron chi connectivity index (χ4n) is 3.14. The summed E-state index contributed by atoms with van der Waals surface area (Å²) in [4.78, 5) is 0.377. The van der Waals surface area contributed by atoms with Gasteiger partial charge in [-0.2, -0.15) is 11.8 Å². The maximum Gasteiger partial charge on any atom is 0.240 e. The van der Waals surface area contributed by atoms with Gasteiger partial charge in [0.25, 0.3) is 0 Å². The number of hydrogen-bond acceptors (Lipinski definition) is 4. The molecule has 116 valence electrons. The van der Waals surface area contributed by atoms with E-state index in [0.717, 1.165) is 44.3 Å². The second kappa shape index (κ2) is 6.18. The first-order valence-corrected chi connectivity index (χ1v) is 10.3. The Morgan fingerprint density at radius 1 is 1.24 bits per heavy atom. The first kappa shape index (κ1) is 15.2. The molecule has 0 bridgehead atoms. The number of benzene rings is 1. The molecule has 0 radical (unpaired) electrons. The van der Waals surface area contributed by atoms with Crippen LogP contribution in [0.3, 0.4) is 0 Å². The Kier molecular flexibility index (Phi) is 4.47. The highest BCUT2D eigenvalue weighted by molar-refractivity contribution is 7.99. The van der Waals surface area contributed by atoms with Crippen LogP contribution in [0.4, 0.5) is 5.69 Å². The van der Waals surface area contributed by atoms with Gasteiger partial charge in [0.05, 0.1) is 4.90 Å². The van der Waals surface area contributed by atoms with E-state index in [0.29, 0.717) is 10.1 Å². The summed E-state index contributed by atoms with van der Waals surface area (Å²) in [5.41, 5.74) is 2.17. The molecule has 2 N–H and O–H groups in total. The first-order chi connectivity index (χ1) is 10.1. The molecule has 2 aliphatic rings. The molecule has 1 saturated carbocycles. The summed E-state index contributed by atoms with van der Waals surface area (Å²) in [5.74, 6) is 0. The second-order valence-electron chi connectivity index (χ2n) is 5.83. The highest BCUT2D eigenvalue weighted by atomic mass is 32.2. The van der Waals surface area contributed by atoms with Crippen LogP contribution in [-0.4, -0.2) is 32.5 Å². The molecule has 1 aromatic carbocycles. The molecule has 0 amide bonds. The molecule has 0 atom stereocenters. The van der Waals surface area contributed by atoms with Crippen LogP contribution in [0.1, 0.15) is 31.2 Å². The molecule has 0 unspecified atom stereocenters. The van der Waals surface area contributed by atoms with Crippen molar-refractivity contribution in [3.05, 3.63) is 23.8 Å². The van der Waals surface area contributed by atoms with Crippen LogP contribution in [0.25, 0.3) is 0 Å². The van der Waals surface area contributed by atoms with Gasteiger partial charge in [-0.15, -0.1) is 0 Å². The molecule has 1 heterocycles. The van der Waals surface area contributed by atoms with Crippen LogP contribution < -0.4 is 10.0 Å². The number of fused-ring (bicyclic) bond motifs is 1. The SMILES string of the molecule is CSC1CCC(NS(=O)(=O)c2ccc3c(c2)NCC3)CC1. The van der Waals surface area contributed by atoms with Crippen molar-refractivity contribution in [3.63, 3.8) is 0 Å². The molecule has 4 nitrogen and oxygen atoms in total. The van der Waals surface area contributed by atoms with Crippen molar-refractivity contribution in [2.24, 2.45) is 0 Å². The Balaban J connectivity index is 1.70. The summed E-state index contributed by atoms with van der Waals surface area (Å²) < 4.78 is 27.9. The van der Waals surface area contributed by atoms with E-state index in [2.05, 4.69) is 16.3 Å². The maximum absolute atomic E-state index is 12.5. The van der Waals surface area contributed by atoms with Crippen molar-refractivity contribution < 1.29 is 8.42 Å². The first-order valence-electron chi connectivity index (χ1n) is 7.50. The number of sulfonamides is 1. The molecular formula is C15H22N2O2S2. The summed E-state index contributed by atoms with van der Waals surface area (Å²) in [6.07, 6.45) is 7.18. The Morgan fingerprint density at radius 3 is 2.71 bits per heavy atom. The van der Waals surface area contributed by atoms with E-state index in [1.165, 1.54) is 5.56 Å². The Hall–Kier alpha value is -0.720. The van der Waals surface area contributed by atoms with E-state index in [9.17, 15) is 8.42 Å². The van der Waals surface area contributed by atoms with Gasteiger partial charge in [-0.25, -0.2) is 13.1 Å². The van der Waals surface area contributed by atoms with E-state index in [4.69, 9.17) is 0 Å². The lowest BCUT2D eigenvalue weighted by Crippen LogP contribution is -2.38. The number of thioether (sulfide) groups is 1. The third-order valence-corrected chi connectivity index (χ3v) is 7.09. The summed E-state index contributed by atoms with van der Waals surface area (Å²) in [6, 6.07) is 5.49. The smallest absolute Gasteiger partial charge is 0.240 e. The number of rotatable bonds is 4. The molecule has 6 heteroatoms. The van der Waals surface area contributed by atoms with Crippen LogP contribution in [-0.2, 0) is 16.4 Å². The highest BCUT2D eigenvalue weighted by Crippen LogP contribution is 2.29. The van der Waals surface area contributed by atoms with Crippen molar-refractivity contribution in [3.8, 4) is 0 Å². The minimum atomic E-state index is -3.40. The fourth-order valence-corrected chi connectivity index (χ4v) is 5.22. The van der Waals surface area contributed by atoms with Crippen LogP contribution in [0.2, 0.25) is 0 Å². The van der Waals surface area contributed by atoms with Crippen molar-refractivity contribution in [2.75, 3.05) is 18.1 Å². The average molecular weight is 326 g/mol. The van der Waals surface area contributed by atoms with Crippen molar-refractivity contribution in [1.82, 2.24) is 4.72 Å². The van der Waals surface area contributed by atoms with Gasteiger partial charge < -0.3 is 5.32 Å². The van der Waals surface area contributed by atoms with Crippen LogP contribution >= 0.6 is 11.8 Å². The normalized spacial score (nSPS) is 25.4. The fraction of sp³-hybridized carbons (Fsp3) is 0.600. The predicted octanol–water partition coefficient (Wildman–Crippen LogP) is 2.61. The van der Waals surface area contributed by atoms with Gasteiger partial charge in [-0.1, -0.05) is 6.07 Å². The van der Waals surface area contributed by atoms with E-state index in [1.54, 1.807) is 12.1 Å². The van der Waals surface area contributed by atoms with Gasteiger partial charge in [-0.05, 0) is 56.1 Å². The zero-order valence-corrected chi connectivity index (χ0v) is 13.9. The van der Waals surface area contributed by atoms with Gasteiger partial charge in [0.15, 0.2) is 0 Å². The quantitative estimate of drug-likeness (QED) is 0.893. The summed E-state index contributed by atoms with van der Waals surface area (Å²) in [7, 11) is -3.40. The van der Waals surface area contributed by atoms with Gasteiger partial charge >= 0.3 is 0 Å². The third kappa shape index (κ3) is 3.38. The number of hydrogen-bond donors (Lipinski definition) is 2. The topological polar surface area (TPSA) is 58.2 Å². The molecule has 0 spiro atoms. The van der Waals surface area contributed by atoms with Crippen molar-refractivity contribution in [1.29, 1.82) is 0 Å². The lowest BCUT2D eigenvalue weighted by atomic mass is 9.96. The Bertz CT molecular complexity index is 608. The van der Waals surface area contributed by atoms with Crippen molar-refractivity contribution in [2.45, 2.75) is 48.3 Å². The number of anilines is 1. The Morgan fingerprint density at radius 2 is 2.00 bits per heavy atom. The van der Waals surface area contributed by atoms with E-state index < -0.39 is 10.0 Å². The van der Waals surface area contributed by atoms with Gasteiger partial charge in [0.1, 0.15) is 0 Å². The minimum absolute atomic E-state index is 0.0830. The molecule has 21 heavy (non-hydrogen) atoms. The predicted molar refractivity (Wildman–Crippen MR) is 88.5 cm³/mol. The number of nitrogens with one attached hydrogen (secondary N) is 2. The van der Waals surface area contributed by atoms with E-state index >= 15 is 0 Å². The maximum atomic E-state index is 12.5.